The number of nitrogen functional groups attached to an aromatic ring is 1. The van der Waals surface area contributed by atoms with Gasteiger partial charge in [-0.25, -0.2) is 9.78 Å². The van der Waals surface area contributed by atoms with Crippen molar-refractivity contribution in [1.82, 2.24) is 15.2 Å². The normalized spacial score (nSPS) is 22.6. The van der Waals surface area contributed by atoms with Crippen molar-refractivity contribution in [2.24, 2.45) is 5.92 Å². The van der Waals surface area contributed by atoms with E-state index in [9.17, 15) is 24.3 Å². The van der Waals surface area contributed by atoms with Crippen LogP contribution in [0.2, 0.25) is 0 Å². The molecule has 28 heavy (non-hydrogen) atoms. The zero-order chi connectivity index (χ0) is 20.6. The predicted octanol–water partition coefficient (Wildman–Crippen LogP) is 0.198. The van der Waals surface area contributed by atoms with E-state index >= 15 is 0 Å². The molecule has 0 saturated carbocycles. The van der Waals surface area contributed by atoms with E-state index in [0.29, 0.717) is 5.75 Å². The van der Waals surface area contributed by atoms with Crippen molar-refractivity contribution < 1.29 is 29.4 Å². The summed E-state index contributed by atoms with van der Waals surface area (Å²) in [6.45, 7) is 1.41. The lowest BCUT2D eigenvalue weighted by molar-refractivity contribution is -0.150. The Balaban J connectivity index is 1.82. The highest BCUT2D eigenvalue weighted by Crippen LogP contribution is 2.37. The number of thioether (sulfide) groups is 1. The maximum atomic E-state index is 12.8. The third-order valence-corrected chi connectivity index (χ3v) is 6.06. The average Bonchev–Trinajstić information content (AvgIpc) is 3.08. The number of nitrogens with one attached hydrogen (secondary N) is 1. The van der Waals surface area contributed by atoms with Crippen LogP contribution in [0, 0.1) is 5.92 Å². The average molecular weight is 424 g/mol. The minimum Gasteiger partial charge on any atom is -0.481 e. The number of carbonyl (C=O) groups is 4. The molecule has 3 heterocycles. The Hall–Kier alpha value is -2.86. The van der Waals surface area contributed by atoms with Crippen LogP contribution in [0.5, 0.6) is 0 Å². The van der Waals surface area contributed by atoms with Crippen LogP contribution in [0.4, 0.5) is 5.13 Å². The molecule has 2 amide bonds. The third-order valence-electron chi connectivity index (χ3n) is 4.20. The number of fused-ring (bicyclic) bond motifs is 1. The quantitative estimate of drug-likeness (QED) is 0.369. The van der Waals surface area contributed by atoms with Crippen LogP contribution in [0.3, 0.4) is 0 Å². The Kier molecular flexibility index (Phi) is 5.42. The molecule has 12 heteroatoms. The second-order valence-corrected chi connectivity index (χ2v) is 8.10. The number of amides is 2. The van der Waals surface area contributed by atoms with Gasteiger partial charge in [0, 0.05) is 11.1 Å². The summed E-state index contributed by atoms with van der Waals surface area (Å²) >= 11 is 2.41. The topological polar surface area (TPSA) is 163 Å². The summed E-state index contributed by atoms with van der Waals surface area (Å²) in [6.07, 6.45) is 2.68. The van der Waals surface area contributed by atoms with Crippen molar-refractivity contribution in [2.45, 2.75) is 18.3 Å². The zero-order valence-electron chi connectivity index (χ0n) is 14.5. The fourth-order valence-corrected chi connectivity index (χ4v) is 4.52. The van der Waals surface area contributed by atoms with Crippen molar-refractivity contribution in [3.63, 3.8) is 0 Å². The molecular weight excluding hydrogens is 408 g/mol. The molecule has 1 aromatic rings. The number of aliphatic carboxylic acids is 2. The number of carboxylic acid groups (broad SMARTS) is 2. The highest BCUT2D eigenvalue weighted by Gasteiger charge is 2.52. The van der Waals surface area contributed by atoms with Crippen molar-refractivity contribution in [3.05, 3.63) is 28.9 Å². The van der Waals surface area contributed by atoms with E-state index in [1.54, 1.807) is 0 Å². The standard InChI is InChI=1S/C16H16N4O6S2/c1-6(14(23)24)4-7(8-5-28-16(17)18-8)11(21)19-10-12(22)20-9(15(25)26)2-3-27-13(10)20/h2,4-6,10,13H,3H2,1H3,(H2,17,18)(H,19,21)(H,23,24)(H,25,26)/t6?,10-,13-/m1/s1. The predicted molar refractivity (Wildman–Crippen MR) is 102 cm³/mol. The maximum absolute atomic E-state index is 12.8. The zero-order valence-corrected chi connectivity index (χ0v) is 16.1. The second kappa shape index (κ2) is 7.64. The Bertz CT molecular complexity index is 924. The Morgan fingerprint density at radius 3 is 2.71 bits per heavy atom. The number of carboxylic acids is 2. The lowest BCUT2D eigenvalue weighted by atomic mass is 10.0. The highest BCUT2D eigenvalue weighted by atomic mass is 32.2. The molecule has 3 rings (SSSR count). The van der Waals surface area contributed by atoms with Crippen LogP contribution in [0.15, 0.2) is 23.2 Å². The van der Waals surface area contributed by atoms with E-state index < -0.39 is 41.1 Å². The SMILES string of the molecule is CC(C=C(C(=O)N[C@@H]1C(=O)N2C(C(=O)O)=CCS[C@H]12)c1csc(N)n1)C(=O)O. The summed E-state index contributed by atoms with van der Waals surface area (Å²) in [5.74, 6) is -4.13. The molecule has 0 aliphatic carbocycles. The first kappa shape index (κ1) is 19.9. The van der Waals surface area contributed by atoms with E-state index in [-0.39, 0.29) is 22.1 Å². The van der Waals surface area contributed by atoms with E-state index in [1.165, 1.54) is 36.2 Å². The fourth-order valence-electron chi connectivity index (χ4n) is 2.77. The van der Waals surface area contributed by atoms with Gasteiger partial charge in [0.15, 0.2) is 5.13 Å². The summed E-state index contributed by atoms with van der Waals surface area (Å²) in [7, 11) is 0. The van der Waals surface area contributed by atoms with Crippen LogP contribution in [-0.4, -0.2) is 61.0 Å². The van der Waals surface area contributed by atoms with Gasteiger partial charge in [0.25, 0.3) is 11.8 Å². The van der Waals surface area contributed by atoms with Crippen LogP contribution in [0.1, 0.15) is 12.6 Å². The second-order valence-electron chi connectivity index (χ2n) is 6.06. The lowest BCUT2D eigenvalue weighted by Gasteiger charge is -2.48. The molecule has 0 aromatic carbocycles. The first-order valence-electron chi connectivity index (χ1n) is 8.05. The van der Waals surface area contributed by atoms with Gasteiger partial charge in [-0.1, -0.05) is 6.08 Å². The largest absolute Gasteiger partial charge is 0.481 e. The molecule has 1 unspecified atom stereocenters. The maximum Gasteiger partial charge on any atom is 0.352 e. The van der Waals surface area contributed by atoms with E-state index in [0.717, 1.165) is 16.2 Å². The number of anilines is 1. The van der Waals surface area contributed by atoms with E-state index in [4.69, 9.17) is 10.8 Å². The molecule has 0 bridgehead atoms. The van der Waals surface area contributed by atoms with Gasteiger partial charge in [0.05, 0.1) is 17.2 Å². The van der Waals surface area contributed by atoms with Gasteiger partial charge in [-0.2, -0.15) is 0 Å². The number of aromatic nitrogens is 1. The number of thiazole rings is 1. The summed E-state index contributed by atoms with van der Waals surface area (Å²) in [5.41, 5.74) is 5.69. The summed E-state index contributed by atoms with van der Waals surface area (Å²) in [4.78, 5) is 52.8. The fraction of sp³-hybridized carbons (Fsp3) is 0.312. The number of hydrogen-bond acceptors (Lipinski definition) is 8. The monoisotopic (exact) mass is 424 g/mol. The van der Waals surface area contributed by atoms with Gasteiger partial charge in [0.1, 0.15) is 17.1 Å². The number of β-lactam (4-membered cyclic amide) rings is 1. The summed E-state index contributed by atoms with van der Waals surface area (Å²) in [5, 5.41) is 22.1. The van der Waals surface area contributed by atoms with Crippen LogP contribution >= 0.6 is 23.1 Å². The Morgan fingerprint density at radius 1 is 1.43 bits per heavy atom. The van der Waals surface area contributed by atoms with Crippen LogP contribution < -0.4 is 11.1 Å². The number of hydrogen-bond donors (Lipinski definition) is 4. The third kappa shape index (κ3) is 3.60. The molecule has 2 aliphatic heterocycles. The first-order valence-corrected chi connectivity index (χ1v) is 9.98. The molecule has 1 aromatic heterocycles. The van der Waals surface area contributed by atoms with Crippen molar-refractivity contribution >= 4 is 57.6 Å². The smallest absolute Gasteiger partial charge is 0.352 e. The molecule has 148 valence electrons. The molecule has 1 fully saturated rings. The Labute approximate surface area is 167 Å². The van der Waals surface area contributed by atoms with Gasteiger partial charge >= 0.3 is 11.9 Å². The first-order chi connectivity index (χ1) is 13.2. The van der Waals surface area contributed by atoms with Gasteiger partial charge in [-0.05, 0) is 13.0 Å². The van der Waals surface area contributed by atoms with Crippen molar-refractivity contribution in [3.8, 4) is 0 Å². The highest BCUT2D eigenvalue weighted by molar-refractivity contribution is 8.00. The molecule has 2 aliphatic rings. The van der Waals surface area contributed by atoms with Gasteiger partial charge in [0.2, 0.25) is 0 Å². The minimum absolute atomic E-state index is 0.0103. The van der Waals surface area contributed by atoms with Crippen molar-refractivity contribution in [1.29, 1.82) is 0 Å². The van der Waals surface area contributed by atoms with Gasteiger partial charge in [-0.15, -0.1) is 23.1 Å². The molecule has 0 radical (unpaired) electrons. The molecule has 3 atom stereocenters. The molecule has 1 saturated heterocycles. The van der Waals surface area contributed by atoms with E-state index in [1.807, 2.05) is 0 Å². The lowest BCUT2D eigenvalue weighted by Crippen LogP contribution is -2.70. The molecule has 10 nitrogen and oxygen atoms in total. The summed E-state index contributed by atoms with van der Waals surface area (Å²) < 4.78 is 0. The van der Waals surface area contributed by atoms with Crippen LogP contribution in [0.25, 0.3) is 5.57 Å². The van der Waals surface area contributed by atoms with Crippen LogP contribution in [-0.2, 0) is 19.2 Å². The minimum atomic E-state index is -1.21. The Morgan fingerprint density at radius 2 is 2.14 bits per heavy atom. The number of carbonyl (C=O) groups excluding carboxylic acids is 2. The van der Waals surface area contributed by atoms with E-state index in [2.05, 4.69) is 10.3 Å². The number of rotatable bonds is 6. The molecule has 5 N–H and O–H groups in total. The molecular formula is C16H16N4O6S2. The van der Waals surface area contributed by atoms with Crippen molar-refractivity contribution in [2.75, 3.05) is 11.5 Å². The number of nitrogens with zero attached hydrogens (tertiary/aromatic N) is 2. The summed E-state index contributed by atoms with van der Waals surface area (Å²) in [6, 6.07) is -0.917. The van der Waals surface area contributed by atoms with Gasteiger partial charge < -0.3 is 21.3 Å². The van der Waals surface area contributed by atoms with Gasteiger partial charge in [-0.3, -0.25) is 19.3 Å². The number of nitrogens with two attached hydrogens (primary N) is 1. The molecule has 0 spiro atoms.